The standard InChI is InChI=1S/C18H15BrN2O4/c1-9-7-11(19)8-14-15(9)21(18(25)16(14)23)10(2)17(24)20-12-3-5-13(22)6-4-12/h3-8,10,22H,1-2H3,(H,20,24). The highest BCUT2D eigenvalue weighted by atomic mass is 79.9. The third kappa shape index (κ3) is 3.02. The molecule has 1 heterocycles. The third-order valence-electron chi connectivity index (χ3n) is 4.07. The Balaban J connectivity index is 1.91. The maximum atomic E-state index is 12.5. The van der Waals surface area contributed by atoms with Gasteiger partial charge in [0.15, 0.2) is 0 Å². The van der Waals surface area contributed by atoms with Crippen LogP contribution < -0.4 is 10.2 Å². The number of aryl methyl sites for hydroxylation is 1. The van der Waals surface area contributed by atoms with Gasteiger partial charge in [-0.05, 0) is 55.8 Å². The number of carbonyl (C=O) groups is 3. The molecule has 0 saturated heterocycles. The summed E-state index contributed by atoms with van der Waals surface area (Å²) in [5, 5.41) is 12.0. The first-order chi connectivity index (χ1) is 11.8. The van der Waals surface area contributed by atoms with E-state index < -0.39 is 23.6 Å². The number of benzene rings is 2. The van der Waals surface area contributed by atoms with Crippen molar-refractivity contribution in [2.75, 3.05) is 10.2 Å². The summed E-state index contributed by atoms with van der Waals surface area (Å²) < 4.78 is 0.702. The summed E-state index contributed by atoms with van der Waals surface area (Å²) in [5.41, 5.74) is 1.97. The van der Waals surface area contributed by atoms with Gasteiger partial charge in [0, 0.05) is 10.2 Å². The summed E-state index contributed by atoms with van der Waals surface area (Å²) in [6, 6.07) is 8.51. The summed E-state index contributed by atoms with van der Waals surface area (Å²) in [7, 11) is 0. The Morgan fingerprint density at radius 2 is 1.84 bits per heavy atom. The number of Topliss-reactive ketones (excluding diaryl/α,β-unsaturated/α-hetero) is 1. The Labute approximate surface area is 152 Å². The highest BCUT2D eigenvalue weighted by Gasteiger charge is 2.41. The number of carbonyl (C=O) groups excluding carboxylic acids is 3. The van der Waals surface area contributed by atoms with E-state index in [9.17, 15) is 19.5 Å². The molecule has 25 heavy (non-hydrogen) atoms. The fourth-order valence-corrected chi connectivity index (χ4v) is 3.41. The molecule has 7 heteroatoms. The maximum Gasteiger partial charge on any atom is 0.300 e. The summed E-state index contributed by atoms with van der Waals surface area (Å²) in [6.07, 6.45) is 0. The molecule has 2 aromatic rings. The summed E-state index contributed by atoms with van der Waals surface area (Å²) in [4.78, 5) is 38.4. The van der Waals surface area contributed by atoms with E-state index in [0.29, 0.717) is 21.4 Å². The minimum Gasteiger partial charge on any atom is -0.508 e. The highest BCUT2D eigenvalue weighted by molar-refractivity contribution is 9.10. The minimum absolute atomic E-state index is 0.0847. The topological polar surface area (TPSA) is 86.7 Å². The van der Waals surface area contributed by atoms with E-state index in [-0.39, 0.29) is 5.75 Å². The lowest BCUT2D eigenvalue weighted by molar-refractivity contribution is -0.120. The number of rotatable bonds is 3. The van der Waals surface area contributed by atoms with Gasteiger partial charge in [0.2, 0.25) is 5.91 Å². The molecule has 6 nitrogen and oxygen atoms in total. The van der Waals surface area contributed by atoms with Crippen molar-refractivity contribution in [1.29, 1.82) is 0 Å². The van der Waals surface area contributed by atoms with Gasteiger partial charge in [-0.15, -0.1) is 0 Å². The fraction of sp³-hybridized carbons (Fsp3) is 0.167. The summed E-state index contributed by atoms with van der Waals surface area (Å²) in [6.45, 7) is 3.35. The van der Waals surface area contributed by atoms with Gasteiger partial charge >= 0.3 is 0 Å². The number of nitrogens with one attached hydrogen (secondary N) is 1. The second kappa shape index (κ2) is 6.33. The van der Waals surface area contributed by atoms with Crippen LogP contribution in [0.4, 0.5) is 11.4 Å². The van der Waals surface area contributed by atoms with Crippen molar-refractivity contribution in [3.05, 3.63) is 52.0 Å². The number of hydrogen-bond acceptors (Lipinski definition) is 4. The number of phenolic OH excluding ortho intramolecular Hbond substituents is 1. The molecule has 1 atom stereocenters. The molecule has 128 valence electrons. The van der Waals surface area contributed by atoms with Gasteiger partial charge < -0.3 is 10.4 Å². The van der Waals surface area contributed by atoms with Crippen LogP contribution in [0.1, 0.15) is 22.8 Å². The van der Waals surface area contributed by atoms with E-state index in [1.165, 1.54) is 17.0 Å². The Bertz CT molecular complexity index is 893. The number of hydrogen-bond donors (Lipinski definition) is 2. The lowest BCUT2D eigenvalue weighted by Crippen LogP contribution is -2.45. The number of halogens is 1. The van der Waals surface area contributed by atoms with Crippen LogP contribution in [0.5, 0.6) is 5.75 Å². The SMILES string of the molecule is Cc1cc(Br)cc2c1N(C(C)C(=O)Nc1ccc(O)cc1)C(=O)C2=O. The van der Waals surface area contributed by atoms with E-state index in [1.807, 2.05) is 0 Å². The molecule has 2 aromatic carbocycles. The largest absolute Gasteiger partial charge is 0.508 e. The van der Waals surface area contributed by atoms with Crippen LogP contribution in [-0.4, -0.2) is 28.7 Å². The first kappa shape index (κ1) is 17.2. The summed E-state index contributed by atoms with van der Waals surface area (Å²) in [5.74, 6) is -1.68. The average molecular weight is 403 g/mol. The van der Waals surface area contributed by atoms with E-state index >= 15 is 0 Å². The first-order valence-electron chi connectivity index (χ1n) is 7.57. The molecule has 2 N–H and O–H groups in total. The molecule has 3 rings (SSSR count). The lowest BCUT2D eigenvalue weighted by Gasteiger charge is -2.25. The van der Waals surface area contributed by atoms with Crippen molar-refractivity contribution in [3.63, 3.8) is 0 Å². The molecule has 0 radical (unpaired) electrons. The van der Waals surface area contributed by atoms with E-state index in [4.69, 9.17) is 0 Å². The number of phenols is 1. The van der Waals surface area contributed by atoms with Crippen LogP contribution >= 0.6 is 15.9 Å². The van der Waals surface area contributed by atoms with Crippen molar-refractivity contribution >= 4 is 44.9 Å². The molecule has 1 aliphatic heterocycles. The van der Waals surface area contributed by atoms with Gasteiger partial charge in [0.05, 0.1) is 11.3 Å². The highest BCUT2D eigenvalue weighted by Crippen LogP contribution is 2.36. The van der Waals surface area contributed by atoms with Gasteiger partial charge in [-0.25, -0.2) is 0 Å². The lowest BCUT2D eigenvalue weighted by atomic mass is 10.1. The normalized spacial score (nSPS) is 14.4. The Hall–Kier alpha value is -2.67. The monoisotopic (exact) mass is 402 g/mol. The predicted molar refractivity (Wildman–Crippen MR) is 96.9 cm³/mol. The molecule has 0 saturated carbocycles. The smallest absolute Gasteiger partial charge is 0.300 e. The number of fused-ring (bicyclic) bond motifs is 1. The molecule has 0 bridgehead atoms. The van der Waals surface area contributed by atoms with Gasteiger partial charge in [0.1, 0.15) is 11.8 Å². The molecule has 2 amide bonds. The zero-order chi connectivity index (χ0) is 18.3. The number of nitrogens with zero attached hydrogens (tertiary/aromatic N) is 1. The molecule has 0 aromatic heterocycles. The molecule has 1 aliphatic rings. The molecular weight excluding hydrogens is 388 g/mol. The van der Waals surface area contributed by atoms with Crippen LogP contribution in [-0.2, 0) is 9.59 Å². The number of aromatic hydroxyl groups is 1. The predicted octanol–water partition coefficient (Wildman–Crippen LogP) is 3.02. The van der Waals surface area contributed by atoms with Crippen LogP contribution in [0.2, 0.25) is 0 Å². The fourth-order valence-electron chi connectivity index (χ4n) is 2.83. The molecule has 0 fully saturated rings. The van der Waals surface area contributed by atoms with Crippen molar-refractivity contribution < 1.29 is 19.5 Å². The Morgan fingerprint density at radius 3 is 2.48 bits per heavy atom. The Morgan fingerprint density at radius 1 is 1.20 bits per heavy atom. The van der Waals surface area contributed by atoms with E-state index in [1.54, 1.807) is 38.1 Å². The quantitative estimate of drug-likeness (QED) is 0.610. The second-order valence-corrected chi connectivity index (χ2v) is 6.75. The van der Waals surface area contributed by atoms with Gasteiger partial charge in [0.25, 0.3) is 11.7 Å². The number of amides is 2. The number of anilines is 2. The molecule has 1 unspecified atom stereocenters. The average Bonchev–Trinajstić information content (AvgIpc) is 2.81. The van der Waals surface area contributed by atoms with Gasteiger partial charge in [-0.3, -0.25) is 19.3 Å². The maximum absolute atomic E-state index is 12.5. The molecular formula is C18H15BrN2O4. The van der Waals surface area contributed by atoms with Crippen molar-refractivity contribution in [1.82, 2.24) is 0 Å². The Kier molecular flexibility index (Phi) is 4.34. The minimum atomic E-state index is -0.869. The van der Waals surface area contributed by atoms with Crippen LogP contribution in [0.25, 0.3) is 0 Å². The third-order valence-corrected chi connectivity index (χ3v) is 4.52. The molecule has 0 aliphatic carbocycles. The number of ketones is 1. The summed E-state index contributed by atoms with van der Waals surface area (Å²) >= 11 is 3.32. The second-order valence-electron chi connectivity index (χ2n) is 5.84. The van der Waals surface area contributed by atoms with Crippen LogP contribution in [0.15, 0.2) is 40.9 Å². The first-order valence-corrected chi connectivity index (χ1v) is 8.37. The van der Waals surface area contributed by atoms with Crippen molar-refractivity contribution in [2.24, 2.45) is 0 Å². The van der Waals surface area contributed by atoms with Crippen LogP contribution in [0.3, 0.4) is 0 Å². The van der Waals surface area contributed by atoms with Gasteiger partial charge in [-0.2, -0.15) is 0 Å². The van der Waals surface area contributed by atoms with Crippen LogP contribution in [0, 0.1) is 6.92 Å². The zero-order valence-corrected chi connectivity index (χ0v) is 15.1. The van der Waals surface area contributed by atoms with E-state index in [2.05, 4.69) is 21.2 Å². The van der Waals surface area contributed by atoms with Gasteiger partial charge in [-0.1, -0.05) is 15.9 Å². The zero-order valence-electron chi connectivity index (χ0n) is 13.5. The van der Waals surface area contributed by atoms with Crippen molar-refractivity contribution in [2.45, 2.75) is 19.9 Å². The van der Waals surface area contributed by atoms with E-state index in [0.717, 1.165) is 5.56 Å². The molecule has 0 spiro atoms. The van der Waals surface area contributed by atoms with Crippen molar-refractivity contribution in [3.8, 4) is 5.75 Å².